The van der Waals surface area contributed by atoms with Crippen LogP contribution in [0.25, 0.3) is 21.9 Å². The monoisotopic (exact) mass is 280 g/mol. The second kappa shape index (κ2) is 4.84. The van der Waals surface area contributed by atoms with E-state index in [0.717, 1.165) is 16.5 Å². The summed E-state index contributed by atoms with van der Waals surface area (Å²) in [5.41, 5.74) is 2.18. The smallest absolute Gasteiger partial charge is 0.255 e. The zero-order valence-corrected chi connectivity index (χ0v) is 11.1. The van der Waals surface area contributed by atoms with Crippen molar-refractivity contribution in [2.75, 3.05) is 0 Å². The molecule has 0 saturated heterocycles. The first-order chi connectivity index (χ1) is 9.69. The van der Waals surface area contributed by atoms with Gasteiger partial charge in [0.05, 0.1) is 16.7 Å². The lowest BCUT2D eigenvalue weighted by atomic mass is 10.0. The van der Waals surface area contributed by atoms with Crippen molar-refractivity contribution >= 4 is 22.4 Å². The Morgan fingerprint density at radius 3 is 2.65 bits per heavy atom. The maximum atomic E-state index is 11.9. The van der Waals surface area contributed by atoms with Crippen LogP contribution in [0.4, 0.5) is 0 Å². The normalized spacial score (nSPS) is 10.4. The first kappa shape index (κ1) is 12.5. The van der Waals surface area contributed by atoms with Gasteiger partial charge in [-0.25, -0.2) is 0 Å². The average molecular weight is 281 g/mol. The van der Waals surface area contributed by atoms with Crippen LogP contribution in [0.15, 0.2) is 53.5 Å². The number of benzene rings is 2. The number of aromatic nitrogens is 1. The van der Waals surface area contributed by atoms with Crippen molar-refractivity contribution in [2.45, 2.75) is 0 Å². The van der Waals surface area contributed by atoms with E-state index in [-0.39, 0.29) is 5.56 Å². The number of nitrogens with one attached hydrogen (secondary N) is 1. The Morgan fingerprint density at radius 1 is 1.05 bits per heavy atom. The van der Waals surface area contributed by atoms with Crippen LogP contribution >= 0.6 is 11.6 Å². The van der Waals surface area contributed by atoms with Gasteiger partial charge < -0.3 is 4.98 Å². The lowest BCUT2D eigenvalue weighted by molar-refractivity contribution is 1.28. The third-order valence-corrected chi connectivity index (χ3v) is 3.49. The molecule has 0 fully saturated rings. The Kier molecular flexibility index (Phi) is 3.02. The highest BCUT2D eigenvalue weighted by Crippen LogP contribution is 2.26. The minimum Gasteiger partial charge on any atom is -0.327 e. The number of nitrogens with zero attached hydrogens (tertiary/aromatic N) is 1. The van der Waals surface area contributed by atoms with Crippen LogP contribution in [-0.4, -0.2) is 4.98 Å². The SMILES string of the molecule is N#Cc1cccc(-c2ccc3c(Cl)c[nH]c(=O)c3c2)c1. The van der Waals surface area contributed by atoms with Crippen molar-refractivity contribution < 1.29 is 0 Å². The van der Waals surface area contributed by atoms with E-state index in [0.29, 0.717) is 16.0 Å². The van der Waals surface area contributed by atoms with Gasteiger partial charge in [0.25, 0.3) is 5.56 Å². The molecule has 3 rings (SSSR count). The third-order valence-electron chi connectivity index (χ3n) is 3.18. The molecule has 2 aromatic carbocycles. The topological polar surface area (TPSA) is 56.6 Å². The molecule has 3 nitrogen and oxygen atoms in total. The fourth-order valence-corrected chi connectivity index (χ4v) is 2.39. The highest BCUT2D eigenvalue weighted by Gasteiger charge is 2.06. The van der Waals surface area contributed by atoms with Crippen LogP contribution in [0.5, 0.6) is 0 Å². The lowest BCUT2D eigenvalue weighted by Crippen LogP contribution is -2.05. The van der Waals surface area contributed by atoms with E-state index in [2.05, 4.69) is 11.1 Å². The van der Waals surface area contributed by atoms with E-state index in [4.69, 9.17) is 16.9 Å². The Balaban J connectivity index is 2.26. The second-order valence-electron chi connectivity index (χ2n) is 4.42. The van der Waals surface area contributed by atoms with Crippen LogP contribution in [0, 0.1) is 11.3 Å². The number of hydrogen-bond acceptors (Lipinski definition) is 2. The van der Waals surface area contributed by atoms with E-state index < -0.39 is 0 Å². The predicted octanol–water partition coefficient (Wildman–Crippen LogP) is 3.72. The van der Waals surface area contributed by atoms with Gasteiger partial charge in [-0.15, -0.1) is 0 Å². The van der Waals surface area contributed by atoms with Crippen molar-refractivity contribution in [2.24, 2.45) is 0 Å². The van der Waals surface area contributed by atoms with E-state index in [1.54, 1.807) is 18.2 Å². The number of fused-ring (bicyclic) bond motifs is 1. The van der Waals surface area contributed by atoms with Gasteiger partial charge in [-0.1, -0.05) is 35.9 Å². The fraction of sp³-hybridized carbons (Fsp3) is 0. The van der Waals surface area contributed by atoms with Crippen LogP contribution in [0.1, 0.15) is 5.56 Å². The molecule has 0 aliphatic heterocycles. The molecular formula is C16H9ClN2O. The molecular weight excluding hydrogens is 272 g/mol. The molecule has 1 aromatic heterocycles. The number of aromatic amines is 1. The molecule has 0 spiro atoms. The standard InChI is InChI=1S/C16H9ClN2O/c17-15-9-19-16(20)14-7-12(4-5-13(14)15)11-3-1-2-10(6-11)8-18/h1-7,9H,(H,19,20). The molecule has 1 heterocycles. The van der Waals surface area contributed by atoms with Crippen LogP contribution in [0.3, 0.4) is 0 Å². The minimum atomic E-state index is -0.178. The second-order valence-corrected chi connectivity index (χ2v) is 4.83. The Labute approximate surface area is 120 Å². The number of pyridine rings is 1. The molecule has 96 valence electrons. The predicted molar refractivity (Wildman–Crippen MR) is 79.7 cm³/mol. The zero-order valence-electron chi connectivity index (χ0n) is 10.4. The van der Waals surface area contributed by atoms with Gasteiger partial charge in [0.1, 0.15) is 0 Å². The Morgan fingerprint density at radius 2 is 1.85 bits per heavy atom. The summed E-state index contributed by atoms with van der Waals surface area (Å²) < 4.78 is 0. The van der Waals surface area contributed by atoms with Crippen LogP contribution < -0.4 is 5.56 Å². The van der Waals surface area contributed by atoms with Gasteiger partial charge in [0.2, 0.25) is 0 Å². The quantitative estimate of drug-likeness (QED) is 0.738. The Hall–Kier alpha value is -2.57. The fourth-order valence-electron chi connectivity index (χ4n) is 2.17. The molecule has 0 saturated carbocycles. The van der Waals surface area contributed by atoms with Crippen LogP contribution in [-0.2, 0) is 0 Å². The van der Waals surface area contributed by atoms with Crippen molar-refractivity contribution in [3.05, 3.63) is 69.6 Å². The molecule has 0 bridgehead atoms. The van der Waals surface area contributed by atoms with Crippen molar-refractivity contribution in [3.8, 4) is 17.2 Å². The minimum absolute atomic E-state index is 0.178. The molecule has 0 aliphatic carbocycles. The summed E-state index contributed by atoms with van der Waals surface area (Å²) in [7, 11) is 0. The lowest BCUT2D eigenvalue weighted by Gasteiger charge is -2.05. The maximum Gasteiger partial charge on any atom is 0.255 e. The number of hydrogen-bond donors (Lipinski definition) is 1. The first-order valence-electron chi connectivity index (χ1n) is 6.00. The number of halogens is 1. The van der Waals surface area contributed by atoms with Crippen molar-refractivity contribution in [1.82, 2.24) is 4.98 Å². The number of nitriles is 1. The molecule has 1 N–H and O–H groups in total. The van der Waals surface area contributed by atoms with E-state index in [9.17, 15) is 4.79 Å². The highest BCUT2D eigenvalue weighted by molar-refractivity contribution is 6.35. The molecule has 0 radical (unpaired) electrons. The van der Waals surface area contributed by atoms with Crippen LogP contribution in [0.2, 0.25) is 5.02 Å². The number of H-pyrrole nitrogens is 1. The molecule has 4 heteroatoms. The summed E-state index contributed by atoms with van der Waals surface area (Å²) in [5, 5.41) is 10.7. The molecule has 20 heavy (non-hydrogen) atoms. The van der Waals surface area contributed by atoms with Gasteiger partial charge in [-0.2, -0.15) is 5.26 Å². The molecule has 0 unspecified atom stereocenters. The third kappa shape index (κ3) is 2.07. The van der Waals surface area contributed by atoms with Gasteiger partial charge in [-0.3, -0.25) is 4.79 Å². The molecule has 0 amide bonds. The molecule has 3 aromatic rings. The molecule has 0 aliphatic rings. The summed E-state index contributed by atoms with van der Waals surface area (Å²) >= 11 is 6.06. The van der Waals surface area contributed by atoms with E-state index >= 15 is 0 Å². The average Bonchev–Trinajstić information content (AvgIpc) is 2.51. The van der Waals surface area contributed by atoms with E-state index in [1.165, 1.54) is 6.20 Å². The Bertz CT molecular complexity index is 906. The maximum absolute atomic E-state index is 11.9. The molecule has 0 atom stereocenters. The van der Waals surface area contributed by atoms with Gasteiger partial charge in [0.15, 0.2) is 0 Å². The summed E-state index contributed by atoms with van der Waals surface area (Å²) in [5.74, 6) is 0. The van der Waals surface area contributed by atoms with Crippen molar-refractivity contribution in [3.63, 3.8) is 0 Å². The summed E-state index contributed by atoms with van der Waals surface area (Å²) in [6.45, 7) is 0. The summed E-state index contributed by atoms with van der Waals surface area (Å²) in [6.07, 6.45) is 1.49. The summed E-state index contributed by atoms with van der Waals surface area (Å²) in [6, 6.07) is 14.9. The number of rotatable bonds is 1. The highest BCUT2D eigenvalue weighted by atomic mass is 35.5. The first-order valence-corrected chi connectivity index (χ1v) is 6.38. The zero-order chi connectivity index (χ0) is 14.1. The van der Waals surface area contributed by atoms with Gasteiger partial charge >= 0.3 is 0 Å². The van der Waals surface area contributed by atoms with Gasteiger partial charge in [-0.05, 0) is 29.3 Å². The van der Waals surface area contributed by atoms with Crippen molar-refractivity contribution in [1.29, 1.82) is 5.26 Å². The summed E-state index contributed by atoms with van der Waals surface area (Å²) in [4.78, 5) is 14.5. The largest absolute Gasteiger partial charge is 0.327 e. The van der Waals surface area contributed by atoms with Gasteiger partial charge in [0, 0.05) is 17.0 Å². The van der Waals surface area contributed by atoms with E-state index in [1.807, 2.05) is 24.3 Å².